The minimum Gasteiger partial charge on any atom is -0.494 e. The third-order valence-electron chi connectivity index (χ3n) is 5.75. The Bertz CT molecular complexity index is 1390. The van der Waals surface area contributed by atoms with E-state index in [4.69, 9.17) is 12.2 Å². The summed E-state index contributed by atoms with van der Waals surface area (Å²) < 4.78 is 14.8. The van der Waals surface area contributed by atoms with Crippen LogP contribution in [0.4, 0.5) is 4.39 Å². The molecule has 0 saturated heterocycles. The monoisotopic (exact) mass is 422 g/mol. The van der Waals surface area contributed by atoms with Gasteiger partial charge in [0.25, 0.3) is 5.56 Å². The summed E-state index contributed by atoms with van der Waals surface area (Å²) in [4.78, 5) is 21.1. The van der Waals surface area contributed by atoms with Crippen molar-refractivity contribution in [1.82, 2.24) is 19.4 Å². The highest BCUT2D eigenvalue weighted by Crippen LogP contribution is 2.39. The number of aromatic nitrogens is 3. The van der Waals surface area contributed by atoms with Crippen molar-refractivity contribution in [2.45, 2.75) is 12.5 Å². The van der Waals surface area contributed by atoms with Crippen molar-refractivity contribution in [2.75, 3.05) is 13.6 Å². The maximum atomic E-state index is 13.4. The molecule has 0 aliphatic carbocycles. The van der Waals surface area contributed by atoms with Gasteiger partial charge in [-0.05, 0) is 61.6 Å². The fourth-order valence-corrected chi connectivity index (χ4v) is 4.63. The van der Waals surface area contributed by atoms with Crippen molar-refractivity contribution in [1.29, 1.82) is 0 Å². The molecule has 2 aromatic carbocycles. The van der Waals surface area contributed by atoms with Gasteiger partial charge in [0.2, 0.25) is 5.88 Å². The van der Waals surface area contributed by atoms with Gasteiger partial charge in [-0.25, -0.2) is 4.39 Å². The van der Waals surface area contributed by atoms with E-state index in [-0.39, 0.29) is 16.2 Å². The largest absolute Gasteiger partial charge is 0.494 e. The van der Waals surface area contributed by atoms with Crippen LogP contribution in [0.5, 0.6) is 5.88 Å². The molecule has 1 aliphatic rings. The van der Waals surface area contributed by atoms with Gasteiger partial charge in [-0.15, -0.1) is 0 Å². The van der Waals surface area contributed by atoms with Crippen molar-refractivity contribution in [2.24, 2.45) is 0 Å². The van der Waals surface area contributed by atoms with Crippen LogP contribution in [0.25, 0.3) is 16.6 Å². The Morgan fingerprint density at radius 1 is 1.13 bits per heavy atom. The molecule has 0 bridgehead atoms. The van der Waals surface area contributed by atoms with Gasteiger partial charge >= 0.3 is 0 Å². The van der Waals surface area contributed by atoms with Crippen LogP contribution in [0.15, 0.2) is 53.3 Å². The molecule has 0 fully saturated rings. The minimum absolute atomic E-state index is 0.0446. The Morgan fingerprint density at radius 2 is 1.87 bits per heavy atom. The molecule has 152 valence electrons. The van der Waals surface area contributed by atoms with E-state index in [0.717, 1.165) is 35.1 Å². The summed E-state index contributed by atoms with van der Waals surface area (Å²) in [5.41, 5.74) is 3.23. The lowest BCUT2D eigenvalue weighted by atomic mass is 9.94. The number of H-pyrrole nitrogens is 2. The fourth-order valence-electron chi connectivity index (χ4n) is 4.34. The second-order valence-electron chi connectivity index (χ2n) is 7.50. The van der Waals surface area contributed by atoms with Gasteiger partial charge in [0.15, 0.2) is 4.77 Å². The molecular formula is C22H19FN4O2S. The quantitative estimate of drug-likeness (QED) is 0.430. The van der Waals surface area contributed by atoms with Crippen LogP contribution < -0.4 is 5.56 Å². The number of para-hydroxylation sites is 1. The molecule has 2 aromatic heterocycles. The Hall–Kier alpha value is -3.23. The molecule has 30 heavy (non-hydrogen) atoms. The third kappa shape index (κ3) is 2.79. The average Bonchev–Trinajstić information content (AvgIpc) is 3.09. The average molecular weight is 422 g/mol. The number of aromatic hydroxyl groups is 1. The predicted molar refractivity (Wildman–Crippen MR) is 115 cm³/mol. The first-order valence-electron chi connectivity index (χ1n) is 9.59. The van der Waals surface area contributed by atoms with Gasteiger partial charge in [0.1, 0.15) is 11.4 Å². The van der Waals surface area contributed by atoms with E-state index in [1.165, 1.54) is 28.8 Å². The number of fused-ring (bicyclic) bond motifs is 3. The number of hydrogen-bond acceptors (Lipinski definition) is 4. The van der Waals surface area contributed by atoms with E-state index in [2.05, 4.69) is 16.0 Å². The molecule has 3 N–H and O–H groups in total. The molecule has 5 rings (SSSR count). The summed E-state index contributed by atoms with van der Waals surface area (Å²) in [7, 11) is 1.92. The van der Waals surface area contributed by atoms with E-state index >= 15 is 0 Å². The molecule has 0 radical (unpaired) electrons. The Kier molecular flexibility index (Phi) is 4.34. The first-order valence-corrected chi connectivity index (χ1v) is 10.0. The molecule has 6 nitrogen and oxygen atoms in total. The lowest BCUT2D eigenvalue weighted by Gasteiger charge is -2.33. The molecule has 0 amide bonds. The predicted octanol–water partition coefficient (Wildman–Crippen LogP) is 3.80. The first kappa shape index (κ1) is 18.8. The number of likely N-dealkylation sites (N-methyl/N-ethyl adjacent to an activating group) is 1. The van der Waals surface area contributed by atoms with Crippen molar-refractivity contribution >= 4 is 23.1 Å². The maximum Gasteiger partial charge on any atom is 0.260 e. The zero-order valence-electron chi connectivity index (χ0n) is 16.1. The highest BCUT2D eigenvalue weighted by molar-refractivity contribution is 7.71. The molecule has 4 aromatic rings. The van der Waals surface area contributed by atoms with Crippen molar-refractivity contribution < 1.29 is 9.50 Å². The number of nitrogens with zero attached hydrogens (tertiary/aromatic N) is 2. The molecule has 1 unspecified atom stereocenters. The van der Waals surface area contributed by atoms with Crippen LogP contribution in [-0.2, 0) is 6.42 Å². The van der Waals surface area contributed by atoms with Crippen molar-refractivity contribution in [3.8, 4) is 11.6 Å². The normalized spacial score (nSPS) is 16.7. The molecule has 1 atom stereocenters. The van der Waals surface area contributed by atoms with Gasteiger partial charge in [0, 0.05) is 23.1 Å². The van der Waals surface area contributed by atoms with Gasteiger partial charge in [-0.3, -0.25) is 19.2 Å². The zero-order valence-corrected chi connectivity index (χ0v) is 17.0. The molecule has 0 spiro atoms. The molecule has 8 heteroatoms. The summed E-state index contributed by atoms with van der Waals surface area (Å²) in [6.07, 6.45) is 0.835. The van der Waals surface area contributed by atoms with Gasteiger partial charge in [-0.1, -0.05) is 18.2 Å². The van der Waals surface area contributed by atoms with Crippen LogP contribution in [0, 0.1) is 10.6 Å². The minimum atomic E-state index is -0.479. The zero-order chi connectivity index (χ0) is 21.0. The molecule has 1 aliphatic heterocycles. The standard InChI is InChI=1S/C22H19FN4O2S/c1-26-11-10-15-14-4-2-3-5-16(14)24-18(15)19(26)17-20(28)25-22(30)27(21(17)29)13-8-6-12(23)7-9-13/h2-9,19,24,29H,10-11H2,1H3,(H,25,28,30). The maximum absolute atomic E-state index is 13.4. The Morgan fingerprint density at radius 3 is 2.63 bits per heavy atom. The van der Waals surface area contributed by atoms with Crippen molar-refractivity contribution in [3.05, 3.63) is 86.3 Å². The first-order chi connectivity index (χ1) is 14.5. The topological polar surface area (TPSA) is 77.1 Å². The van der Waals surface area contributed by atoms with E-state index in [9.17, 15) is 14.3 Å². The second kappa shape index (κ2) is 6.93. The van der Waals surface area contributed by atoms with E-state index in [1.807, 2.05) is 30.1 Å². The van der Waals surface area contributed by atoms with Crippen molar-refractivity contribution in [3.63, 3.8) is 0 Å². The molecule has 0 saturated carbocycles. The molecule has 3 heterocycles. The number of rotatable bonds is 2. The number of halogens is 1. The van der Waals surface area contributed by atoms with Crippen LogP contribution in [-0.4, -0.2) is 38.1 Å². The SMILES string of the molecule is CN1CCc2c([nH]c3ccccc23)C1c1c(O)n(-c2ccc(F)cc2)c(=S)[nH]c1=O. The highest BCUT2D eigenvalue weighted by atomic mass is 32.1. The van der Waals surface area contributed by atoms with Gasteiger partial charge < -0.3 is 10.1 Å². The summed E-state index contributed by atoms with van der Waals surface area (Å²) in [6.45, 7) is 0.727. The lowest BCUT2D eigenvalue weighted by Crippen LogP contribution is -2.36. The number of aromatic amines is 2. The summed E-state index contributed by atoms with van der Waals surface area (Å²) in [5, 5.41) is 12.3. The smallest absolute Gasteiger partial charge is 0.260 e. The van der Waals surface area contributed by atoms with Crippen LogP contribution >= 0.6 is 12.2 Å². The van der Waals surface area contributed by atoms with Gasteiger partial charge in [0.05, 0.1) is 11.7 Å². The number of nitrogens with one attached hydrogen (secondary N) is 2. The van der Waals surface area contributed by atoms with E-state index in [1.54, 1.807) is 0 Å². The van der Waals surface area contributed by atoms with E-state index in [0.29, 0.717) is 5.69 Å². The Balaban J connectivity index is 1.77. The summed E-state index contributed by atoms with van der Waals surface area (Å²) in [6, 6.07) is 13.1. The fraction of sp³-hybridized carbons (Fsp3) is 0.182. The lowest BCUT2D eigenvalue weighted by molar-refractivity contribution is 0.252. The van der Waals surface area contributed by atoms with Gasteiger partial charge in [-0.2, -0.15) is 0 Å². The third-order valence-corrected chi connectivity index (χ3v) is 6.04. The number of hydrogen-bond donors (Lipinski definition) is 3. The van der Waals surface area contributed by atoms with Crippen LogP contribution in [0.2, 0.25) is 0 Å². The van der Waals surface area contributed by atoms with Crippen LogP contribution in [0.3, 0.4) is 0 Å². The molecular weight excluding hydrogens is 403 g/mol. The Labute approximate surface area is 176 Å². The van der Waals surface area contributed by atoms with Crippen LogP contribution in [0.1, 0.15) is 22.9 Å². The summed E-state index contributed by atoms with van der Waals surface area (Å²) in [5.74, 6) is -0.650. The number of benzene rings is 2. The summed E-state index contributed by atoms with van der Waals surface area (Å²) >= 11 is 5.29. The second-order valence-corrected chi connectivity index (χ2v) is 7.89. The highest BCUT2D eigenvalue weighted by Gasteiger charge is 2.34. The van der Waals surface area contributed by atoms with E-state index < -0.39 is 17.4 Å².